The number of amides is 2. The molecule has 0 radical (unpaired) electrons. The fourth-order valence-corrected chi connectivity index (χ4v) is 2.84. The number of aryl methyl sites for hydroxylation is 2. The summed E-state index contributed by atoms with van der Waals surface area (Å²) in [5.74, 6) is 0. The number of carbonyl (C=O) groups excluding carboxylic acids is 1. The van der Waals surface area contributed by atoms with E-state index in [1.54, 1.807) is 0 Å². The zero-order valence-corrected chi connectivity index (χ0v) is 13.8. The predicted molar refractivity (Wildman–Crippen MR) is 96.1 cm³/mol. The quantitative estimate of drug-likeness (QED) is 0.689. The second-order valence-electron chi connectivity index (χ2n) is 5.93. The molecular formula is C19H21N3O2. The van der Waals surface area contributed by atoms with Gasteiger partial charge in [0.25, 0.3) is 0 Å². The molecule has 2 amide bonds. The number of hydrogen-bond acceptors (Lipinski definition) is 2. The Labute approximate surface area is 140 Å². The first-order valence-corrected chi connectivity index (χ1v) is 7.88. The maximum absolute atomic E-state index is 12.0. The minimum Gasteiger partial charge on any atom is -0.386 e. The molecule has 0 spiro atoms. The number of aliphatic hydroxyl groups excluding tert-OH is 1. The first-order chi connectivity index (χ1) is 11.5. The van der Waals surface area contributed by atoms with Crippen LogP contribution >= 0.6 is 0 Å². The summed E-state index contributed by atoms with van der Waals surface area (Å²) in [7, 11) is 1.94. The van der Waals surface area contributed by atoms with Gasteiger partial charge in [0.15, 0.2) is 0 Å². The van der Waals surface area contributed by atoms with E-state index in [1.165, 1.54) is 0 Å². The fourth-order valence-electron chi connectivity index (χ4n) is 2.84. The normalized spacial score (nSPS) is 12.1. The largest absolute Gasteiger partial charge is 0.386 e. The molecule has 1 aromatic heterocycles. The summed E-state index contributed by atoms with van der Waals surface area (Å²) in [5, 5.41) is 16.9. The first kappa shape index (κ1) is 16.1. The highest BCUT2D eigenvalue weighted by Crippen LogP contribution is 2.25. The van der Waals surface area contributed by atoms with Crippen molar-refractivity contribution in [3.8, 4) is 0 Å². The van der Waals surface area contributed by atoms with Crippen LogP contribution in [-0.2, 0) is 7.05 Å². The number of aliphatic hydroxyl groups is 1. The Hall–Kier alpha value is -2.79. The van der Waals surface area contributed by atoms with Crippen molar-refractivity contribution in [2.75, 3.05) is 11.9 Å². The third-order valence-electron chi connectivity index (χ3n) is 4.02. The lowest BCUT2D eigenvalue weighted by Crippen LogP contribution is -2.32. The van der Waals surface area contributed by atoms with Gasteiger partial charge in [-0.15, -0.1) is 0 Å². The average Bonchev–Trinajstić information content (AvgIpc) is 2.90. The Morgan fingerprint density at radius 1 is 1.21 bits per heavy atom. The third-order valence-corrected chi connectivity index (χ3v) is 4.02. The van der Waals surface area contributed by atoms with Crippen LogP contribution in [0.25, 0.3) is 10.9 Å². The van der Waals surface area contributed by atoms with Gasteiger partial charge in [-0.25, -0.2) is 4.79 Å². The average molecular weight is 323 g/mol. The first-order valence-electron chi connectivity index (χ1n) is 7.88. The van der Waals surface area contributed by atoms with E-state index in [-0.39, 0.29) is 12.6 Å². The molecule has 3 rings (SSSR count). The molecule has 0 saturated heterocycles. The van der Waals surface area contributed by atoms with Gasteiger partial charge in [0.1, 0.15) is 0 Å². The number of carbonyl (C=O) groups is 1. The monoisotopic (exact) mass is 323 g/mol. The van der Waals surface area contributed by atoms with E-state index in [2.05, 4.69) is 10.6 Å². The van der Waals surface area contributed by atoms with Crippen LogP contribution in [0, 0.1) is 6.92 Å². The highest BCUT2D eigenvalue weighted by Gasteiger charge is 2.15. The SMILES string of the molecule is Cc1cccc(NC(=O)NCC(O)c2cn(C)c3ccccc23)c1. The number of rotatable bonds is 4. The zero-order valence-electron chi connectivity index (χ0n) is 13.8. The van der Waals surface area contributed by atoms with Crippen molar-refractivity contribution in [1.29, 1.82) is 0 Å². The number of fused-ring (bicyclic) bond motifs is 1. The summed E-state index contributed by atoms with van der Waals surface area (Å²) in [6.07, 6.45) is 1.13. The number of nitrogens with zero attached hydrogens (tertiary/aromatic N) is 1. The van der Waals surface area contributed by atoms with Crippen molar-refractivity contribution in [3.05, 3.63) is 65.9 Å². The summed E-state index contributed by atoms with van der Waals surface area (Å²) in [6.45, 7) is 2.11. The predicted octanol–water partition coefficient (Wildman–Crippen LogP) is 3.34. The number of para-hydroxylation sites is 1. The van der Waals surface area contributed by atoms with Gasteiger partial charge in [0.2, 0.25) is 0 Å². The molecule has 3 N–H and O–H groups in total. The molecule has 2 aromatic carbocycles. The summed E-state index contributed by atoms with van der Waals surface area (Å²) in [5.41, 5.74) is 3.66. The maximum Gasteiger partial charge on any atom is 0.319 e. The van der Waals surface area contributed by atoms with Crippen LogP contribution < -0.4 is 10.6 Å². The van der Waals surface area contributed by atoms with Gasteiger partial charge >= 0.3 is 6.03 Å². The molecule has 0 bridgehead atoms. The number of anilines is 1. The second-order valence-corrected chi connectivity index (χ2v) is 5.93. The van der Waals surface area contributed by atoms with Gasteiger partial charge in [-0.2, -0.15) is 0 Å². The standard InChI is InChI=1S/C19H21N3O2/c1-13-6-5-7-14(10-13)21-19(24)20-11-18(23)16-12-22(2)17-9-4-3-8-15(16)17/h3-10,12,18,23H,11H2,1-2H3,(H2,20,21,24). The van der Waals surface area contributed by atoms with Gasteiger partial charge in [0.05, 0.1) is 6.10 Å². The van der Waals surface area contributed by atoms with Crippen LogP contribution in [0.5, 0.6) is 0 Å². The Morgan fingerprint density at radius 3 is 2.79 bits per heavy atom. The van der Waals surface area contributed by atoms with Gasteiger partial charge in [-0.1, -0.05) is 30.3 Å². The minimum absolute atomic E-state index is 0.145. The van der Waals surface area contributed by atoms with E-state index < -0.39 is 6.10 Å². The second kappa shape index (κ2) is 6.76. The van der Waals surface area contributed by atoms with Crippen molar-refractivity contribution in [2.24, 2.45) is 7.05 Å². The van der Waals surface area contributed by atoms with Crippen LogP contribution in [0.1, 0.15) is 17.2 Å². The van der Waals surface area contributed by atoms with E-state index in [1.807, 2.05) is 73.3 Å². The lowest BCUT2D eigenvalue weighted by Gasteiger charge is -2.12. The number of nitrogens with one attached hydrogen (secondary N) is 2. The molecule has 5 heteroatoms. The molecule has 0 aliphatic carbocycles. The van der Waals surface area contributed by atoms with Gasteiger partial charge in [-0.05, 0) is 30.7 Å². The Kier molecular flexibility index (Phi) is 4.53. The highest BCUT2D eigenvalue weighted by atomic mass is 16.3. The molecule has 24 heavy (non-hydrogen) atoms. The van der Waals surface area contributed by atoms with E-state index in [4.69, 9.17) is 0 Å². The van der Waals surface area contributed by atoms with Crippen molar-refractivity contribution in [1.82, 2.24) is 9.88 Å². The van der Waals surface area contributed by atoms with E-state index in [0.29, 0.717) is 0 Å². The van der Waals surface area contributed by atoms with E-state index in [9.17, 15) is 9.90 Å². The van der Waals surface area contributed by atoms with Gasteiger partial charge in [0, 0.05) is 41.9 Å². The molecule has 124 valence electrons. The summed E-state index contributed by atoms with van der Waals surface area (Å²) >= 11 is 0. The Bertz CT molecular complexity index is 870. The van der Waals surface area contributed by atoms with Crippen molar-refractivity contribution >= 4 is 22.6 Å². The third kappa shape index (κ3) is 3.41. The number of aromatic nitrogens is 1. The Balaban J connectivity index is 1.64. The fraction of sp³-hybridized carbons (Fsp3) is 0.211. The van der Waals surface area contributed by atoms with Crippen molar-refractivity contribution < 1.29 is 9.90 Å². The molecular weight excluding hydrogens is 302 g/mol. The molecule has 3 aromatic rings. The molecule has 0 saturated carbocycles. The van der Waals surface area contributed by atoms with Crippen molar-refractivity contribution in [3.63, 3.8) is 0 Å². The molecule has 0 aliphatic rings. The van der Waals surface area contributed by atoms with Crippen LogP contribution in [0.2, 0.25) is 0 Å². The molecule has 0 aliphatic heterocycles. The topological polar surface area (TPSA) is 66.3 Å². The highest BCUT2D eigenvalue weighted by molar-refractivity contribution is 5.89. The van der Waals surface area contributed by atoms with E-state index >= 15 is 0 Å². The van der Waals surface area contributed by atoms with Gasteiger partial charge in [-0.3, -0.25) is 0 Å². The summed E-state index contributed by atoms with van der Waals surface area (Å²) in [4.78, 5) is 12.0. The lowest BCUT2D eigenvalue weighted by molar-refractivity contribution is 0.176. The number of urea groups is 1. The summed E-state index contributed by atoms with van der Waals surface area (Å²) in [6, 6.07) is 15.1. The zero-order chi connectivity index (χ0) is 17.1. The van der Waals surface area contributed by atoms with Gasteiger partial charge < -0.3 is 20.3 Å². The molecule has 1 atom stereocenters. The van der Waals surface area contributed by atoms with Crippen LogP contribution in [0.3, 0.4) is 0 Å². The van der Waals surface area contributed by atoms with Crippen LogP contribution in [0.15, 0.2) is 54.7 Å². The lowest BCUT2D eigenvalue weighted by atomic mass is 10.1. The molecule has 0 fully saturated rings. The molecule has 5 nitrogen and oxygen atoms in total. The van der Waals surface area contributed by atoms with Crippen molar-refractivity contribution in [2.45, 2.75) is 13.0 Å². The molecule has 1 unspecified atom stereocenters. The smallest absolute Gasteiger partial charge is 0.319 e. The maximum atomic E-state index is 12.0. The molecule has 1 heterocycles. The number of benzene rings is 2. The minimum atomic E-state index is -0.764. The van der Waals surface area contributed by atoms with Crippen LogP contribution in [0.4, 0.5) is 10.5 Å². The van der Waals surface area contributed by atoms with E-state index in [0.717, 1.165) is 27.7 Å². The summed E-state index contributed by atoms with van der Waals surface area (Å²) < 4.78 is 1.97. The number of hydrogen-bond donors (Lipinski definition) is 3. The van der Waals surface area contributed by atoms with Crippen LogP contribution in [-0.4, -0.2) is 22.2 Å². The Morgan fingerprint density at radius 2 is 2.00 bits per heavy atom.